The molecule has 2 heterocycles. The number of hydrogen-bond acceptors (Lipinski definition) is 5. The third kappa shape index (κ3) is 2.90. The molecule has 16 heavy (non-hydrogen) atoms. The van der Waals surface area contributed by atoms with Crippen molar-refractivity contribution < 1.29 is 4.52 Å². The van der Waals surface area contributed by atoms with Gasteiger partial charge in [-0.05, 0) is 25.5 Å². The first kappa shape index (κ1) is 11.3. The fourth-order valence-electron chi connectivity index (χ4n) is 1.41. The SMILES string of the molecule is CCc1ccc(CNCc2nc(C)no2)s1. The van der Waals surface area contributed by atoms with Crippen LogP contribution in [-0.4, -0.2) is 10.1 Å². The van der Waals surface area contributed by atoms with Gasteiger partial charge >= 0.3 is 0 Å². The molecular weight excluding hydrogens is 222 g/mol. The number of nitrogens with zero attached hydrogens (tertiary/aromatic N) is 2. The van der Waals surface area contributed by atoms with Gasteiger partial charge in [-0.3, -0.25) is 0 Å². The first-order valence-corrected chi connectivity index (χ1v) is 6.17. The average Bonchev–Trinajstić information content (AvgIpc) is 2.88. The van der Waals surface area contributed by atoms with Crippen molar-refractivity contribution in [2.45, 2.75) is 33.4 Å². The minimum Gasteiger partial charge on any atom is -0.338 e. The van der Waals surface area contributed by atoms with Crippen LogP contribution in [0, 0.1) is 6.92 Å². The van der Waals surface area contributed by atoms with Crippen molar-refractivity contribution in [3.05, 3.63) is 33.6 Å². The summed E-state index contributed by atoms with van der Waals surface area (Å²) in [6.07, 6.45) is 1.10. The molecule has 0 atom stereocenters. The number of hydrogen-bond donors (Lipinski definition) is 1. The Morgan fingerprint density at radius 1 is 1.31 bits per heavy atom. The van der Waals surface area contributed by atoms with Crippen LogP contribution in [-0.2, 0) is 19.5 Å². The lowest BCUT2D eigenvalue weighted by Crippen LogP contribution is -2.11. The highest BCUT2D eigenvalue weighted by molar-refractivity contribution is 7.11. The van der Waals surface area contributed by atoms with E-state index in [-0.39, 0.29) is 0 Å². The second-order valence-electron chi connectivity index (χ2n) is 3.56. The summed E-state index contributed by atoms with van der Waals surface area (Å²) in [5, 5.41) is 7.02. The molecule has 0 spiro atoms. The van der Waals surface area contributed by atoms with Crippen molar-refractivity contribution in [2.24, 2.45) is 0 Å². The van der Waals surface area contributed by atoms with E-state index in [2.05, 4.69) is 34.5 Å². The van der Waals surface area contributed by atoms with Crippen molar-refractivity contribution in [1.82, 2.24) is 15.5 Å². The predicted molar refractivity (Wildman–Crippen MR) is 63.3 cm³/mol. The van der Waals surface area contributed by atoms with Crippen molar-refractivity contribution in [3.63, 3.8) is 0 Å². The van der Waals surface area contributed by atoms with Crippen LogP contribution in [0.25, 0.3) is 0 Å². The third-order valence-electron chi connectivity index (χ3n) is 2.21. The van der Waals surface area contributed by atoms with E-state index in [4.69, 9.17) is 4.52 Å². The zero-order valence-electron chi connectivity index (χ0n) is 9.49. The zero-order chi connectivity index (χ0) is 11.4. The Bertz CT molecular complexity index is 450. The predicted octanol–water partition coefficient (Wildman–Crippen LogP) is 2.29. The molecule has 0 aliphatic heterocycles. The zero-order valence-corrected chi connectivity index (χ0v) is 10.3. The van der Waals surface area contributed by atoms with Gasteiger partial charge in [-0.15, -0.1) is 11.3 Å². The highest BCUT2D eigenvalue weighted by atomic mass is 32.1. The molecule has 0 saturated carbocycles. The molecule has 1 N–H and O–H groups in total. The molecule has 0 fully saturated rings. The summed E-state index contributed by atoms with van der Waals surface area (Å²) in [4.78, 5) is 6.89. The molecule has 0 saturated heterocycles. The molecule has 0 aliphatic carbocycles. The topological polar surface area (TPSA) is 51.0 Å². The number of thiophene rings is 1. The van der Waals surface area contributed by atoms with Crippen LogP contribution in [0.1, 0.15) is 28.4 Å². The summed E-state index contributed by atoms with van der Waals surface area (Å²) in [7, 11) is 0. The Morgan fingerprint density at radius 2 is 2.12 bits per heavy atom. The summed E-state index contributed by atoms with van der Waals surface area (Å²) >= 11 is 1.84. The molecule has 0 aliphatic rings. The van der Waals surface area contributed by atoms with Gasteiger partial charge in [-0.25, -0.2) is 0 Å². The van der Waals surface area contributed by atoms with Crippen LogP contribution in [0.2, 0.25) is 0 Å². The molecule has 0 bridgehead atoms. The highest BCUT2D eigenvalue weighted by Crippen LogP contribution is 2.16. The number of nitrogens with one attached hydrogen (secondary N) is 1. The van der Waals surface area contributed by atoms with Crippen LogP contribution >= 0.6 is 11.3 Å². The van der Waals surface area contributed by atoms with Crippen molar-refractivity contribution in [2.75, 3.05) is 0 Å². The molecule has 0 unspecified atom stereocenters. The summed E-state index contributed by atoms with van der Waals surface area (Å²) in [5.74, 6) is 1.32. The van der Waals surface area contributed by atoms with E-state index in [1.165, 1.54) is 9.75 Å². The lowest BCUT2D eigenvalue weighted by Gasteiger charge is -1.97. The average molecular weight is 237 g/mol. The molecule has 5 heteroatoms. The minimum absolute atomic E-state index is 0.625. The Balaban J connectivity index is 1.79. The fourth-order valence-corrected chi connectivity index (χ4v) is 2.34. The van der Waals surface area contributed by atoms with Gasteiger partial charge in [0.05, 0.1) is 6.54 Å². The molecule has 2 aromatic rings. The molecule has 2 aromatic heterocycles. The molecule has 86 valence electrons. The van der Waals surface area contributed by atoms with Gasteiger partial charge < -0.3 is 9.84 Å². The summed E-state index contributed by atoms with van der Waals surface area (Å²) in [5.41, 5.74) is 0. The molecule has 4 nitrogen and oxygen atoms in total. The Morgan fingerprint density at radius 3 is 2.75 bits per heavy atom. The van der Waals surface area contributed by atoms with Gasteiger partial charge in [0.15, 0.2) is 5.82 Å². The van der Waals surface area contributed by atoms with E-state index in [9.17, 15) is 0 Å². The van der Waals surface area contributed by atoms with E-state index in [1.54, 1.807) is 0 Å². The van der Waals surface area contributed by atoms with Crippen molar-refractivity contribution >= 4 is 11.3 Å². The second-order valence-corrected chi connectivity index (χ2v) is 4.81. The first-order chi connectivity index (χ1) is 7.78. The van der Waals surface area contributed by atoms with E-state index >= 15 is 0 Å². The van der Waals surface area contributed by atoms with Crippen molar-refractivity contribution in [1.29, 1.82) is 0 Å². The molecule has 0 aromatic carbocycles. The van der Waals surface area contributed by atoms with E-state index < -0.39 is 0 Å². The van der Waals surface area contributed by atoms with Gasteiger partial charge in [0.1, 0.15) is 0 Å². The molecular formula is C11H15N3OS. The van der Waals surface area contributed by atoms with E-state index in [0.29, 0.717) is 18.3 Å². The Hall–Kier alpha value is -1.20. The van der Waals surface area contributed by atoms with Gasteiger partial charge in [-0.2, -0.15) is 4.98 Å². The van der Waals surface area contributed by atoms with Crippen LogP contribution in [0.4, 0.5) is 0 Å². The van der Waals surface area contributed by atoms with Crippen LogP contribution in [0.5, 0.6) is 0 Å². The maximum absolute atomic E-state index is 5.01. The van der Waals surface area contributed by atoms with Gasteiger partial charge in [0.2, 0.25) is 5.89 Å². The van der Waals surface area contributed by atoms with E-state index in [1.807, 2.05) is 18.3 Å². The first-order valence-electron chi connectivity index (χ1n) is 5.35. The quantitative estimate of drug-likeness (QED) is 0.867. The van der Waals surface area contributed by atoms with Gasteiger partial charge in [0, 0.05) is 16.3 Å². The third-order valence-corrected chi connectivity index (χ3v) is 3.44. The summed E-state index contributed by atoms with van der Waals surface area (Å²) in [6, 6.07) is 4.34. The lowest BCUT2D eigenvalue weighted by molar-refractivity contribution is 0.364. The van der Waals surface area contributed by atoms with Crippen LogP contribution in [0.3, 0.4) is 0 Å². The summed E-state index contributed by atoms with van der Waals surface area (Å²) in [6.45, 7) is 5.47. The molecule has 2 rings (SSSR count). The molecule has 0 radical (unpaired) electrons. The number of aromatic nitrogens is 2. The lowest BCUT2D eigenvalue weighted by atomic mass is 10.3. The highest BCUT2D eigenvalue weighted by Gasteiger charge is 2.02. The summed E-state index contributed by atoms with van der Waals surface area (Å²) < 4.78 is 5.01. The number of aryl methyl sites for hydroxylation is 2. The van der Waals surface area contributed by atoms with Gasteiger partial charge in [-0.1, -0.05) is 12.1 Å². The molecule has 0 amide bonds. The maximum atomic E-state index is 5.01. The minimum atomic E-state index is 0.625. The largest absolute Gasteiger partial charge is 0.338 e. The Kier molecular flexibility index (Phi) is 3.69. The van der Waals surface area contributed by atoms with Crippen LogP contribution in [0.15, 0.2) is 16.7 Å². The Labute approximate surface area is 98.7 Å². The standard InChI is InChI=1S/C11H15N3OS/c1-3-9-4-5-10(16-9)6-12-7-11-13-8(2)14-15-11/h4-5,12H,3,6-7H2,1-2H3. The smallest absolute Gasteiger partial charge is 0.240 e. The maximum Gasteiger partial charge on any atom is 0.240 e. The number of rotatable bonds is 5. The van der Waals surface area contributed by atoms with Crippen LogP contribution < -0.4 is 5.32 Å². The second kappa shape index (κ2) is 5.23. The normalized spacial score (nSPS) is 10.9. The van der Waals surface area contributed by atoms with E-state index in [0.717, 1.165) is 13.0 Å². The van der Waals surface area contributed by atoms with Crippen molar-refractivity contribution in [3.8, 4) is 0 Å². The van der Waals surface area contributed by atoms with Gasteiger partial charge in [0.25, 0.3) is 0 Å². The fraction of sp³-hybridized carbons (Fsp3) is 0.455. The monoisotopic (exact) mass is 237 g/mol.